The fourth-order valence-corrected chi connectivity index (χ4v) is 3.18. The third-order valence-corrected chi connectivity index (χ3v) is 4.61. The van der Waals surface area contributed by atoms with Crippen LogP contribution < -0.4 is 10.6 Å². The molecule has 0 saturated carbocycles. The van der Waals surface area contributed by atoms with Gasteiger partial charge in [0, 0.05) is 31.9 Å². The highest BCUT2D eigenvalue weighted by atomic mass is 16.2. The molecule has 132 valence electrons. The Labute approximate surface area is 145 Å². The van der Waals surface area contributed by atoms with Gasteiger partial charge in [0.1, 0.15) is 0 Å². The third-order valence-electron chi connectivity index (χ3n) is 4.61. The first-order valence-electron chi connectivity index (χ1n) is 8.83. The van der Waals surface area contributed by atoms with Gasteiger partial charge in [0.15, 0.2) is 0 Å². The predicted octanol–water partition coefficient (Wildman–Crippen LogP) is 3.04. The largest absolute Gasteiger partial charge is 0.335 e. The fourth-order valence-electron chi connectivity index (χ4n) is 3.18. The molecule has 1 aliphatic heterocycles. The van der Waals surface area contributed by atoms with E-state index < -0.39 is 0 Å². The van der Waals surface area contributed by atoms with Crippen molar-refractivity contribution in [3.8, 4) is 0 Å². The Morgan fingerprint density at radius 2 is 2.17 bits per heavy atom. The molecule has 1 fully saturated rings. The number of carbonyl (C=O) groups excluding carboxylic acids is 1. The molecule has 0 spiro atoms. The molecule has 0 aliphatic carbocycles. The first kappa shape index (κ1) is 18.5. The molecule has 5 nitrogen and oxygen atoms in total. The summed E-state index contributed by atoms with van der Waals surface area (Å²) in [6, 6.07) is 4.02. The topological polar surface area (TPSA) is 57.3 Å². The summed E-state index contributed by atoms with van der Waals surface area (Å²) in [4.78, 5) is 19.3. The highest BCUT2D eigenvalue weighted by molar-refractivity contribution is 5.74. The molecule has 1 aliphatic rings. The number of nitrogens with zero attached hydrogens (tertiary/aromatic N) is 2. The number of aromatic nitrogens is 1. The Balaban J connectivity index is 1.90. The molecule has 2 rings (SSSR count). The molecule has 1 aromatic rings. The van der Waals surface area contributed by atoms with Crippen LogP contribution in [0.3, 0.4) is 0 Å². The van der Waals surface area contributed by atoms with E-state index in [0.717, 1.165) is 43.7 Å². The number of nitrogens with one attached hydrogen (secondary N) is 2. The van der Waals surface area contributed by atoms with Crippen molar-refractivity contribution in [1.82, 2.24) is 20.5 Å². The van der Waals surface area contributed by atoms with Gasteiger partial charge < -0.3 is 10.6 Å². The summed E-state index contributed by atoms with van der Waals surface area (Å²) in [5.74, 6) is 0.277. The van der Waals surface area contributed by atoms with E-state index in [1.54, 1.807) is 6.20 Å². The maximum Gasteiger partial charge on any atom is 0.315 e. The number of amides is 2. The lowest BCUT2D eigenvalue weighted by Gasteiger charge is -2.32. The van der Waals surface area contributed by atoms with Gasteiger partial charge in [-0.1, -0.05) is 26.0 Å². The molecular formula is C19H30N4O. The second-order valence-electron chi connectivity index (χ2n) is 6.91. The van der Waals surface area contributed by atoms with Crippen LogP contribution in [0.2, 0.25) is 0 Å². The average molecular weight is 330 g/mol. The zero-order valence-electron chi connectivity index (χ0n) is 15.1. The van der Waals surface area contributed by atoms with Crippen LogP contribution in [-0.4, -0.2) is 41.6 Å². The zero-order valence-corrected chi connectivity index (χ0v) is 15.1. The molecule has 1 saturated heterocycles. The molecule has 2 amide bonds. The highest BCUT2D eigenvalue weighted by Crippen LogP contribution is 2.22. The number of likely N-dealkylation sites (tertiary alicyclic amines) is 1. The molecular weight excluding hydrogens is 300 g/mol. The van der Waals surface area contributed by atoms with Crippen molar-refractivity contribution in [3.05, 3.63) is 42.2 Å². The van der Waals surface area contributed by atoms with Crippen molar-refractivity contribution < 1.29 is 4.79 Å². The van der Waals surface area contributed by atoms with Gasteiger partial charge in [0.05, 0.1) is 11.7 Å². The van der Waals surface area contributed by atoms with Crippen molar-refractivity contribution in [2.45, 2.75) is 45.7 Å². The van der Waals surface area contributed by atoms with E-state index in [1.165, 1.54) is 0 Å². The molecule has 1 atom stereocenters. The summed E-state index contributed by atoms with van der Waals surface area (Å²) >= 11 is 0. The van der Waals surface area contributed by atoms with Crippen LogP contribution in [-0.2, 0) is 0 Å². The van der Waals surface area contributed by atoms with Crippen LogP contribution >= 0.6 is 0 Å². The van der Waals surface area contributed by atoms with E-state index >= 15 is 0 Å². The second kappa shape index (κ2) is 8.83. The van der Waals surface area contributed by atoms with Crippen molar-refractivity contribution >= 4 is 6.03 Å². The van der Waals surface area contributed by atoms with E-state index in [1.807, 2.05) is 25.1 Å². The molecule has 0 radical (unpaired) electrons. The fraction of sp³-hybridized carbons (Fsp3) is 0.579. The smallest absolute Gasteiger partial charge is 0.315 e. The summed E-state index contributed by atoms with van der Waals surface area (Å²) in [7, 11) is 0. The van der Waals surface area contributed by atoms with Gasteiger partial charge in [0.2, 0.25) is 0 Å². The highest BCUT2D eigenvalue weighted by Gasteiger charge is 2.24. The van der Waals surface area contributed by atoms with Gasteiger partial charge in [0.25, 0.3) is 0 Å². The number of hydrogen-bond acceptors (Lipinski definition) is 3. The molecule has 0 aromatic carbocycles. The maximum absolute atomic E-state index is 12.4. The van der Waals surface area contributed by atoms with Crippen molar-refractivity contribution in [1.29, 1.82) is 0 Å². The van der Waals surface area contributed by atoms with Gasteiger partial charge >= 0.3 is 6.03 Å². The first-order valence-corrected chi connectivity index (χ1v) is 8.83. The minimum Gasteiger partial charge on any atom is -0.335 e. The Morgan fingerprint density at radius 1 is 1.46 bits per heavy atom. The van der Waals surface area contributed by atoms with Crippen molar-refractivity contribution in [2.24, 2.45) is 5.92 Å². The quantitative estimate of drug-likeness (QED) is 0.788. The Bertz CT molecular complexity index is 550. The average Bonchev–Trinajstić information content (AvgIpc) is 2.55. The Hall–Kier alpha value is -1.88. The Morgan fingerprint density at radius 3 is 2.75 bits per heavy atom. The van der Waals surface area contributed by atoms with E-state index in [2.05, 4.69) is 40.9 Å². The number of carbonyl (C=O) groups is 1. The Kier molecular flexibility index (Phi) is 6.79. The first-order chi connectivity index (χ1) is 11.5. The lowest BCUT2D eigenvalue weighted by molar-refractivity contribution is 0.200. The number of rotatable bonds is 6. The maximum atomic E-state index is 12.4. The lowest BCUT2D eigenvalue weighted by atomic mass is 9.97. The van der Waals surface area contributed by atoms with Gasteiger partial charge in [-0.3, -0.25) is 9.88 Å². The summed E-state index contributed by atoms with van der Waals surface area (Å²) < 4.78 is 0. The van der Waals surface area contributed by atoms with E-state index in [9.17, 15) is 4.79 Å². The number of pyridine rings is 1. The van der Waals surface area contributed by atoms with Crippen molar-refractivity contribution in [2.75, 3.05) is 19.6 Å². The number of hydrogen-bond donors (Lipinski definition) is 2. The van der Waals surface area contributed by atoms with E-state index in [0.29, 0.717) is 0 Å². The molecule has 2 N–H and O–H groups in total. The summed E-state index contributed by atoms with van der Waals surface area (Å²) in [5.41, 5.74) is 2.05. The predicted molar refractivity (Wildman–Crippen MR) is 97.9 cm³/mol. The SMILES string of the molecule is C=CCN1CCC(NC(=O)N[C@H](c2ncccc2C)C(C)C)CC1. The summed E-state index contributed by atoms with van der Waals surface area (Å²) in [5, 5.41) is 6.24. The second-order valence-corrected chi connectivity index (χ2v) is 6.91. The number of urea groups is 1. The van der Waals surface area contributed by atoms with E-state index in [-0.39, 0.29) is 24.0 Å². The minimum absolute atomic E-state index is 0.0768. The van der Waals surface area contributed by atoms with Crippen LogP contribution in [0.5, 0.6) is 0 Å². The summed E-state index contributed by atoms with van der Waals surface area (Å²) in [6.07, 6.45) is 5.68. The molecule has 0 unspecified atom stereocenters. The van der Waals surface area contributed by atoms with Crippen LogP contribution in [0.1, 0.15) is 44.0 Å². The van der Waals surface area contributed by atoms with Crippen LogP contribution in [0.4, 0.5) is 4.79 Å². The van der Waals surface area contributed by atoms with Gasteiger partial charge in [-0.2, -0.15) is 0 Å². The van der Waals surface area contributed by atoms with Crippen LogP contribution in [0.25, 0.3) is 0 Å². The van der Waals surface area contributed by atoms with Crippen LogP contribution in [0.15, 0.2) is 31.0 Å². The molecule has 1 aromatic heterocycles. The van der Waals surface area contributed by atoms with Crippen LogP contribution in [0, 0.1) is 12.8 Å². The number of aryl methyl sites for hydroxylation is 1. The van der Waals surface area contributed by atoms with Gasteiger partial charge in [-0.05, 0) is 37.3 Å². The van der Waals surface area contributed by atoms with Gasteiger partial charge in [-0.15, -0.1) is 6.58 Å². The number of piperidine rings is 1. The monoisotopic (exact) mass is 330 g/mol. The third kappa shape index (κ3) is 5.06. The van der Waals surface area contributed by atoms with Crippen molar-refractivity contribution in [3.63, 3.8) is 0 Å². The standard InChI is InChI=1S/C19H30N4O/c1-5-11-23-12-8-16(9-13-23)21-19(24)22-17(14(2)3)18-15(4)7-6-10-20-18/h5-7,10,14,16-17H,1,8-9,11-13H2,2-4H3,(H2,21,22,24)/t17-/m0/s1. The molecule has 5 heteroatoms. The summed E-state index contributed by atoms with van der Waals surface area (Å²) in [6.45, 7) is 13.0. The normalized spacial score (nSPS) is 17.5. The van der Waals surface area contributed by atoms with E-state index in [4.69, 9.17) is 0 Å². The molecule has 24 heavy (non-hydrogen) atoms. The zero-order chi connectivity index (χ0) is 17.5. The molecule has 2 heterocycles. The minimum atomic E-state index is -0.0964. The van der Waals surface area contributed by atoms with Gasteiger partial charge in [-0.25, -0.2) is 4.79 Å². The lowest BCUT2D eigenvalue weighted by Crippen LogP contribution is -2.49. The molecule has 0 bridgehead atoms.